The summed E-state index contributed by atoms with van der Waals surface area (Å²) in [7, 11) is 1.26. The second kappa shape index (κ2) is 7.01. The minimum absolute atomic E-state index is 0.0190. The second-order valence-corrected chi connectivity index (χ2v) is 4.08. The molecule has 0 saturated heterocycles. The first kappa shape index (κ1) is 15.6. The summed E-state index contributed by atoms with van der Waals surface area (Å²) in [6.07, 6.45) is 1.99. The van der Waals surface area contributed by atoms with Crippen LogP contribution in [0.4, 0.5) is 4.39 Å². The van der Waals surface area contributed by atoms with Crippen molar-refractivity contribution in [3.05, 3.63) is 11.9 Å². The zero-order chi connectivity index (χ0) is 13.5. The molecule has 0 saturated carbocycles. The number of amidine groups is 1. The Morgan fingerprint density at radius 1 is 1.65 bits per heavy atom. The number of ether oxygens (including phenoxy) is 1. The van der Waals surface area contributed by atoms with Gasteiger partial charge in [0.25, 0.3) is 0 Å². The van der Waals surface area contributed by atoms with Crippen LogP contribution < -0.4 is 11.1 Å². The summed E-state index contributed by atoms with van der Waals surface area (Å²) in [4.78, 5) is 11.2. The molecule has 98 valence electrons. The van der Waals surface area contributed by atoms with Crippen molar-refractivity contribution in [1.82, 2.24) is 5.32 Å². The monoisotopic (exact) mass is 245 g/mol. The summed E-state index contributed by atoms with van der Waals surface area (Å²) in [5.41, 5.74) is 4.60. The van der Waals surface area contributed by atoms with Crippen molar-refractivity contribution in [3.63, 3.8) is 0 Å². The molecule has 0 spiro atoms. The van der Waals surface area contributed by atoms with Gasteiger partial charge in [0.2, 0.25) is 0 Å². The number of methoxy groups -OCH3 is 1. The van der Waals surface area contributed by atoms with E-state index in [1.54, 1.807) is 6.92 Å². The van der Waals surface area contributed by atoms with Gasteiger partial charge in [-0.3, -0.25) is 10.2 Å². The molecule has 0 aliphatic heterocycles. The van der Waals surface area contributed by atoms with Gasteiger partial charge >= 0.3 is 5.97 Å². The third-order valence-corrected chi connectivity index (χ3v) is 2.20. The summed E-state index contributed by atoms with van der Waals surface area (Å²) in [6.45, 7) is 3.06. The number of halogens is 1. The summed E-state index contributed by atoms with van der Waals surface area (Å²) < 4.78 is 17.7. The summed E-state index contributed by atoms with van der Waals surface area (Å²) in [5.74, 6) is -0.691. The Morgan fingerprint density at radius 2 is 2.24 bits per heavy atom. The van der Waals surface area contributed by atoms with Gasteiger partial charge in [-0.25, -0.2) is 4.39 Å². The summed E-state index contributed by atoms with van der Waals surface area (Å²) >= 11 is 0. The average molecular weight is 245 g/mol. The highest BCUT2D eigenvalue weighted by molar-refractivity contribution is 5.79. The zero-order valence-electron chi connectivity index (χ0n) is 10.5. The normalized spacial score (nSPS) is 15.0. The van der Waals surface area contributed by atoms with Gasteiger partial charge in [0.15, 0.2) is 0 Å². The zero-order valence-corrected chi connectivity index (χ0v) is 10.5. The third kappa shape index (κ3) is 6.68. The number of rotatable bonds is 6. The average Bonchev–Trinajstić information content (AvgIpc) is 2.24. The van der Waals surface area contributed by atoms with Crippen LogP contribution in [0.15, 0.2) is 11.9 Å². The van der Waals surface area contributed by atoms with Gasteiger partial charge in [-0.1, -0.05) is 6.08 Å². The molecule has 4 N–H and O–H groups in total. The number of hydrogen-bond donors (Lipinski definition) is 3. The molecule has 1 atom stereocenters. The lowest BCUT2D eigenvalue weighted by molar-refractivity contribution is -0.146. The predicted octanol–water partition coefficient (Wildman–Crippen LogP) is 1.10. The number of esters is 1. The van der Waals surface area contributed by atoms with Gasteiger partial charge < -0.3 is 15.8 Å². The molecule has 17 heavy (non-hydrogen) atoms. The number of allylic oxidation sites excluding steroid dienone is 1. The minimum Gasteiger partial charge on any atom is -0.468 e. The fraction of sp³-hybridized carbons (Fsp3) is 0.636. The maximum absolute atomic E-state index is 13.2. The standard InChI is InChI=1S/C11H20FN3O2/c1-8(13)15-7-9(12)5-4-6-11(2,14)10(16)17-3/h5H,4,6-7,14H2,1-3H3,(H2,13,15)/b9-5+. The van der Waals surface area contributed by atoms with Crippen molar-refractivity contribution in [3.8, 4) is 0 Å². The van der Waals surface area contributed by atoms with Crippen LogP contribution in [-0.4, -0.2) is 31.0 Å². The Bertz CT molecular complexity index is 314. The lowest BCUT2D eigenvalue weighted by Crippen LogP contribution is -2.45. The fourth-order valence-electron chi connectivity index (χ4n) is 1.15. The minimum atomic E-state index is -1.10. The molecular formula is C11H20FN3O2. The molecule has 0 aromatic rings. The maximum atomic E-state index is 13.2. The van der Waals surface area contributed by atoms with Crippen LogP contribution in [0.1, 0.15) is 26.7 Å². The Morgan fingerprint density at radius 3 is 2.71 bits per heavy atom. The Labute approximate surface area is 101 Å². The highest BCUT2D eigenvalue weighted by atomic mass is 19.1. The lowest BCUT2D eigenvalue weighted by atomic mass is 9.97. The molecule has 0 rings (SSSR count). The van der Waals surface area contributed by atoms with Crippen LogP contribution in [0.25, 0.3) is 0 Å². The Balaban J connectivity index is 4.08. The smallest absolute Gasteiger partial charge is 0.325 e. The van der Waals surface area contributed by atoms with Gasteiger partial charge in [-0.15, -0.1) is 0 Å². The topological polar surface area (TPSA) is 88.2 Å². The van der Waals surface area contributed by atoms with Crippen LogP contribution >= 0.6 is 0 Å². The van der Waals surface area contributed by atoms with Gasteiger partial charge in [-0.2, -0.15) is 0 Å². The quantitative estimate of drug-likeness (QED) is 0.371. The molecule has 0 radical (unpaired) electrons. The highest BCUT2D eigenvalue weighted by Crippen LogP contribution is 2.12. The van der Waals surface area contributed by atoms with Gasteiger partial charge in [0, 0.05) is 0 Å². The largest absolute Gasteiger partial charge is 0.468 e. The van der Waals surface area contributed by atoms with Crippen molar-refractivity contribution in [2.24, 2.45) is 5.73 Å². The lowest BCUT2D eigenvalue weighted by Gasteiger charge is -2.20. The molecule has 0 aliphatic rings. The molecule has 0 fully saturated rings. The SMILES string of the molecule is COC(=O)C(C)(N)CC/C=C(/F)CNC(C)=N. The van der Waals surface area contributed by atoms with E-state index in [9.17, 15) is 9.18 Å². The van der Waals surface area contributed by atoms with Crippen LogP contribution in [0, 0.1) is 5.41 Å². The Hall–Kier alpha value is -1.43. The van der Waals surface area contributed by atoms with E-state index in [-0.39, 0.29) is 18.2 Å². The van der Waals surface area contributed by atoms with Gasteiger partial charge in [0.1, 0.15) is 11.4 Å². The summed E-state index contributed by atoms with van der Waals surface area (Å²) in [6, 6.07) is 0. The van der Waals surface area contributed by atoms with E-state index in [1.807, 2.05) is 0 Å². The van der Waals surface area contributed by atoms with E-state index in [1.165, 1.54) is 20.1 Å². The summed E-state index contributed by atoms with van der Waals surface area (Å²) in [5, 5.41) is 9.60. The number of hydrogen-bond acceptors (Lipinski definition) is 4. The molecule has 1 unspecified atom stereocenters. The predicted molar refractivity (Wildman–Crippen MR) is 64.4 cm³/mol. The highest BCUT2D eigenvalue weighted by Gasteiger charge is 2.28. The molecule has 0 amide bonds. The van der Waals surface area contributed by atoms with Crippen LogP contribution in [0.2, 0.25) is 0 Å². The first-order chi connectivity index (χ1) is 7.79. The van der Waals surface area contributed by atoms with Crippen LogP contribution in [-0.2, 0) is 9.53 Å². The fourth-order valence-corrected chi connectivity index (χ4v) is 1.15. The molecule has 0 aliphatic carbocycles. The molecule has 0 aromatic carbocycles. The first-order valence-electron chi connectivity index (χ1n) is 5.30. The van der Waals surface area contributed by atoms with E-state index < -0.39 is 11.5 Å². The van der Waals surface area contributed by atoms with Crippen molar-refractivity contribution in [2.75, 3.05) is 13.7 Å². The van der Waals surface area contributed by atoms with Crippen molar-refractivity contribution in [1.29, 1.82) is 5.41 Å². The van der Waals surface area contributed by atoms with Crippen molar-refractivity contribution in [2.45, 2.75) is 32.2 Å². The second-order valence-electron chi connectivity index (χ2n) is 4.08. The maximum Gasteiger partial charge on any atom is 0.325 e. The number of carbonyl (C=O) groups excluding carboxylic acids is 1. The molecule has 5 nitrogen and oxygen atoms in total. The number of nitrogens with two attached hydrogens (primary N) is 1. The van der Waals surface area contributed by atoms with Crippen LogP contribution in [0.3, 0.4) is 0 Å². The number of carbonyl (C=O) groups is 1. The first-order valence-corrected chi connectivity index (χ1v) is 5.30. The van der Waals surface area contributed by atoms with Crippen molar-refractivity contribution >= 4 is 11.8 Å². The van der Waals surface area contributed by atoms with Crippen molar-refractivity contribution < 1.29 is 13.9 Å². The van der Waals surface area contributed by atoms with E-state index in [0.717, 1.165) is 0 Å². The van der Waals surface area contributed by atoms with Gasteiger partial charge in [-0.05, 0) is 26.7 Å². The van der Waals surface area contributed by atoms with E-state index in [2.05, 4.69) is 10.1 Å². The Kier molecular flexibility index (Phi) is 6.42. The van der Waals surface area contributed by atoms with E-state index in [4.69, 9.17) is 11.1 Å². The molecule has 0 aromatic heterocycles. The third-order valence-electron chi connectivity index (χ3n) is 2.20. The van der Waals surface area contributed by atoms with E-state index in [0.29, 0.717) is 12.8 Å². The van der Waals surface area contributed by atoms with Crippen LogP contribution in [0.5, 0.6) is 0 Å². The van der Waals surface area contributed by atoms with Gasteiger partial charge in [0.05, 0.1) is 19.5 Å². The van der Waals surface area contributed by atoms with E-state index >= 15 is 0 Å². The molecule has 0 bridgehead atoms. The number of nitrogens with one attached hydrogen (secondary N) is 2. The molecular weight excluding hydrogens is 225 g/mol. The molecule has 0 heterocycles. The molecule has 6 heteroatoms.